The van der Waals surface area contributed by atoms with E-state index in [4.69, 9.17) is 9.84 Å². The van der Waals surface area contributed by atoms with E-state index in [1.165, 1.54) is 4.90 Å². The Morgan fingerprint density at radius 2 is 2.18 bits per heavy atom. The number of fused-ring (bicyclic) bond motifs is 1. The molecule has 1 aromatic rings. The third-order valence-electron chi connectivity index (χ3n) is 2.65. The van der Waals surface area contributed by atoms with Crippen molar-refractivity contribution in [3.63, 3.8) is 0 Å². The highest BCUT2D eigenvalue weighted by molar-refractivity contribution is 5.96. The number of carboxylic acids is 1. The number of hydrogen-bond donors (Lipinski definition) is 1. The zero-order valence-corrected chi connectivity index (χ0v) is 9.42. The van der Waals surface area contributed by atoms with Crippen LogP contribution >= 0.6 is 0 Å². The predicted octanol–water partition coefficient (Wildman–Crippen LogP) is 1.28. The standard InChI is InChI=1S/C12H13NO4/c1-2-11(14)13-7-10(12(15)16)17-9-6-4-3-5-8(9)13/h3-6,10H,2,7H2,1H3,(H,15,16). The molecule has 0 fully saturated rings. The second-order valence-electron chi connectivity index (χ2n) is 3.77. The molecular weight excluding hydrogens is 222 g/mol. The first-order chi connectivity index (χ1) is 8.13. The van der Waals surface area contributed by atoms with E-state index in [0.717, 1.165) is 0 Å². The number of rotatable bonds is 2. The van der Waals surface area contributed by atoms with Crippen LogP contribution in [0.1, 0.15) is 13.3 Å². The average Bonchev–Trinajstić information content (AvgIpc) is 2.36. The molecule has 5 nitrogen and oxygen atoms in total. The van der Waals surface area contributed by atoms with Crippen molar-refractivity contribution < 1.29 is 19.4 Å². The number of hydrogen-bond acceptors (Lipinski definition) is 3. The molecule has 0 saturated heterocycles. The molecule has 1 aromatic carbocycles. The Hall–Kier alpha value is -2.04. The van der Waals surface area contributed by atoms with Gasteiger partial charge in [0.1, 0.15) is 5.75 Å². The Balaban J connectivity index is 2.39. The molecule has 0 spiro atoms. The molecule has 1 N–H and O–H groups in total. The molecule has 90 valence electrons. The first kappa shape index (κ1) is 11.4. The number of carboxylic acid groups (broad SMARTS) is 1. The summed E-state index contributed by atoms with van der Waals surface area (Å²) in [5.41, 5.74) is 0.636. The van der Waals surface area contributed by atoms with E-state index < -0.39 is 12.1 Å². The van der Waals surface area contributed by atoms with E-state index in [9.17, 15) is 9.59 Å². The van der Waals surface area contributed by atoms with Crippen LogP contribution in [0.25, 0.3) is 0 Å². The summed E-state index contributed by atoms with van der Waals surface area (Å²) in [5.74, 6) is -0.728. The van der Waals surface area contributed by atoms with Gasteiger partial charge in [-0.15, -0.1) is 0 Å². The van der Waals surface area contributed by atoms with Crippen LogP contribution < -0.4 is 9.64 Å². The van der Waals surface area contributed by atoms with Gasteiger partial charge < -0.3 is 14.7 Å². The van der Waals surface area contributed by atoms with Gasteiger partial charge in [-0.3, -0.25) is 4.79 Å². The highest BCUT2D eigenvalue weighted by Gasteiger charge is 2.32. The van der Waals surface area contributed by atoms with Crippen LogP contribution in [0.5, 0.6) is 5.75 Å². The first-order valence-corrected chi connectivity index (χ1v) is 5.42. The summed E-state index contributed by atoms with van der Waals surface area (Å²) in [6, 6.07) is 6.96. The normalized spacial score (nSPS) is 18.2. The van der Waals surface area contributed by atoms with Crippen LogP contribution in [0.3, 0.4) is 0 Å². The Kier molecular flexibility index (Phi) is 2.99. The highest BCUT2D eigenvalue weighted by atomic mass is 16.5. The van der Waals surface area contributed by atoms with E-state index in [2.05, 4.69) is 0 Å². The second-order valence-corrected chi connectivity index (χ2v) is 3.77. The van der Waals surface area contributed by atoms with Crippen LogP contribution in [0.15, 0.2) is 24.3 Å². The molecular formula is C12H13NO4. The largest absolute Gasteiger partial charge is 0.478 e. The first-order valence-electron chi connectivity index (χ1n) is 5.42. The maximum absolute atomic E-state index is 11.8. The van der Waals surface area contributed by atoms with Crippen LogP contribution in [-0.2, 0) is 9.59 Å². The van der Waals surface area contributed by atoms with Crippen molar-refractivity contribution in [2.75, 3.05) is 11.4 Å². The summed E-state index contributed by atoms with van der Waals surface area (Å²) >= 11 is 0. The van der Waals surface area contributed by atoms with Crippen LogP contribution in [-0.4, -0.2) is 29.6 Å². The zero-order chi connectivity index (χ0) is 12.4. The molecule has 0 radical (unpaired) electrons. The second kappa shape index (κ2) is 4.45. The fourth-order valence-electron chi connectivity index (χ4n) is 1.79. The predicted molar refractivity (Wildman–Crippen MR) is 61.1 cm³/mol. The highest BCUT2D eigenvalue weighted by Crippen LogP contribution is 2.33. The number of benzene rings is 1. The minimum atomic E-state index is -1.06. The third kappa shape index (κ3) is 2.08. The van der Waals surface area contributed by atoms with Gasteiger partial charge in [0.15, 0.2) is 0 Å². The smallest absolute Gasteiger partial charge is 0.346 e. The summed E-state index contributed by atoms with van der Waals surface area (Å²) in [6.07, 6.45) is -0.666. The number of nitrogens with zero attached hydrogens (tertiary/aromatic N) is 1. The summed E-state index contributed by atoms with van der Waals surface area (Å²) in [6.45, 7) is 1.80. The van der Waals surface area contributed by atoms with Gasteiger partial charge >= 0.3 is 5.97 Å². The van der Waals surface area contributed by atoms with Gasteiger partial charge in [0.05, 0.1) is 12.2 Å². The molecule has 1 heterocycles. The molecule has 0 saturated carbocycles. The number of ether oxygens (including phenoxy) is 1. The molecule has 0 bridgehead atoms. The lowest BCUT2D eigenvalue weighted by atomic mass is 10.1. The Morgan fingerprint density at radius 3 is 2.82 bits per heavy atom. The van der Waals surface area contributed by atoms with Gasteiger partial charge in [-0.05, 0) is 12.1 Å². The van der Waals surface area contributed by atoms with E-state index in [0.29, 0.717) is 17.9 Å². The lowest BCUT2D eigenvalue weighted by Gasteiger charge is -2.32. The molecule has 5 heteroatoms. The number of para-hydroxylation sites is 2. The van der Waals surface area contributed by atoms with Crippen molar-refractivity contribution in [1.29, 1.82) is 0 Å². The Bertz CT molecular complexity index is 458. The van der Waals surface area contributed by atoms with Gasteiger partial charge in [0.2, 0.25) is 12.0 Å². The third-order valence-corrected chi connectivity index (χ3v) is 2.65. The lowest BCUT2D eigenvalue weighted by molar-refractivity contribution is -0.145. The van der Waals surface area contributed by atoms with Gasteiger partial charge in [0.25, 0.3) is 0 Å². The summed E-state index contributed by atoms with van der Waals surface area (Å²) < 4.78 is 5.32. The molecule has 1 aliphatic rings. The monoisotopic (exact) mass is 235 g/mol. The molecule has 2 rings (SSSR count). The fourth-order valence-corrected chi connectivity index (χ4v) is 1.79. The number of anilines is 1. The van der Waals surface area contributed by atoms with Crippen molar-refractivity contribution in [2.45, 2.75) is 19.4 Å². The quantitative estimate of drug-likeness (QED) is 0.838. The average molecular weight is 235 g/mol. The fraction of sp³-hybridized carbons (Fsp3) is 0.333. The summed E-state index contributed by atoms with van der Waals surface area (Å²) in [7, 11) is 0. The minimum Gasteiger partial charge on any atom is -0.478 e. The molecule has 1 amide bonds. The number of carbonyl (C=O) groups excluding carboxylic acids is 1. The van der Waals surface area contributed by atoms with Crippen molar-refractivity contribution >= 4 is 17.6 Å². The molecule has 1 unspecified atom stereocenters. The molecule has 1 aliphatic heterocycles. The molecule has 0 aromatic heterocycles. The maximum atomic E-state index is 11.8. The maximum Gasteiger partial charge on any atom is 0.346 e. The van der Waals surface area contributed by atoms with Gasteiger partial charge in [-0.25, -0.2) is 4.79 Å². The van der Waals surface area contributed by atoms with E-state index in [-0.39, 0.29) is 12.5 Å². The van der Waals surface area contributed by atoms with E-state index in [1.807, 2.05) is 0 Å². The van der Waals surface area contributed by atoms with Crippen LogP contribution in [0, 0.1) is 0 Å². The van der Waals surface area contributed by atoms with Gasteiger partial charge in [-0.1, -0.05) is 19.1 Å². The molecule has 0 aliphatic carbocycles. The zero-order valence-electron chi connectivity index (χ0n) is 9.42. The van der Waals surface area contributed by atoms with Gasteiger partial charge in [0, 0.05) is 6.42 Å². The van der Waals surface area contributed by atoms with Crippen molar-refractivity contribution in [3.8, 4) is 5.75 Å². The molecule has 17 heavy (non-hydrogen) atoms. The van der Waals surface area contributed by atoms with Crippen molar-refractivity contribution in [1.82, 2.24) is 0 Å². The van der Waals surface area contributed by atoms with Crippen molar-refractivity contribution in [3.05, 3.63) is 24.3 Å². The van der Waals surface area contributed by atoms with Crippen LogP contribution in [0.4, 0.5) is 5.69 Å². The number of aliphatic carboxylic acids is 1. The SMILES string of the molecule is CCC(=O)N1CC(C(=O)O)Oc2ccccc21. The van der Waals surface area contributed by atoms with Gasteiger partial charge in [-0.2, -0.15) is 0 Å². The summed E-state index contributed by atoms with van der Waals surface area (Å²) in [5, 5.41) is 8.97. The number of carbonyl (C=O) groups is 2. The van der Waals surface area contributed by atoms with Crippen molar-refractivity contribution in [2.24, 2.45) is 0 Å². The summed E-state index contributed by atoms with van der Waals surface area (Å²) in [4.78, 5) is 24.2. The van der Waals surface area contributed by atoms with E-state index in [1.54, 1.807) is 31.2 Å². The minimum absolute atomic E-state index is 0.0546. The lowest BCUT2D eigenvalue weighted by Crippen LogP contribution is -2.46. The Labute approximate surface area is 98.6 Å². The van der Waals surface area contributed by atoms with E-state index >= 15 is 0 Å². The molecule has 1 atom stereocenters. The van der Waals surface area contributed by atoms with Crippen LogP contribution in [0.2, 0.25) is 0 Å². The number of amides is 1. The topological polar surface area (TPSA) is 66.8 Å². The Morgan fingerprint density at radius 1 is 1.47 bits per heavy atom.